The average molecular weight is 369 g/mol. The molecule has 0 saturated carbocycles. The average Bonchev–Trinajstić information content (AvgIpc) is 2.48. The van der Waals surface area contributed by atoms with Crippen molar-refractivity contribution in [2.45, 2.75) is 18.3 Å². The molecule has 0 bridgehead atoms. The minimum Gasteiger partial charge on any atom is -0.497 e. The fraction of sp³-hybridized carbons (Fsp3) is 0.375. The second kappa shape index (κ2) is 6.46. The molecule has 1 aliphatic rings. The van der Waals surface area contributed by atoms with E-state index in [1.165, 1.54) is 5.56 Å². The zero-order valence-corrected chi connectivity index (χ0v) is 13.5. The predicted octanol–water partition coefficient (Wildman–Crippen LogP) is 4.12. The Morgan fingerprint density at radius 1 is 1.53 bits per heavy atom. The first-order valence-electron chi connectivity index (χ1n) is 6.49. The van der Waals surface area contributed by atoms with Crippen molar-refractivity contribution in [3.8, 4) is 5.75 Å². The smallest absolute Gasteiger partial charge is 0.119 e. The van der Waals surface area contributed by atoms with Crippen LogP contribution in [0.1, 0.15) is 18.4 Å². The van der Waals surface area contributed by atoms with Gasteiger partial charge in [0.05, 0.1) is 11.7 Å². The van der Waals surface area contributed by atoms with Gasteiger partial charge in [-0.25, -0.2) is 0 Å². The molecule has 1 aliphatic heterocycles. The third kappa shape index (κ3) is 3.14. The summed E-state index contributed by atoms with van der Waals surface area (Å²) in [6, 6.07) is 8.40. The number of halogens is 1. The Balaban J connectivity index is 2.36. The Morgan fingerprint density at radius 2 is 2.37 bits per heavy atom. The van der Waals surface area contributed by atoms with E-state index in [1.807, 2.05) is 12.1 Å². The summed E-state index contributed by atoms with van der Waals surface area (Å²) in [5.41, 5.74) is 1.38. The van der Waals surface area contributed by atoms with E-state index in [0.29, 0.717) is 0 Å². The number of alkyl halides is 1. The van der Waals surface area contributed by atoms with Crippen LogP contribution < -0.4 is 4.74 Å². The van der Waals surface area contributed by atoms with Crippen LogP contribution >= 0.6 is 22.6 Å². The third-order valence-electron chi connectivity index (χ3n) is 3.76. The molecular formula is C16H20INO. The lowest BCUT2D eigenvalue weighted by atomic mass is 9.73. The summed E-state index contributed by atoms with van der Waals surface area (Å²) in [5.74, 6) is 0.922. The first-order valence-corrected chi connectivity index (χ1v) is 8.01. The van der Waals surface area contributed by atoms with E-state index in [0.717, 1.165) is 29.7 Å². The van der Waals surface area contributed by atoms with Crippen LogP contribution in [0.25, 0.3) is 0 Å². The van der Waals surface area contributed by atoms with Gasteiger partial charge in [0.25, 0.3) is 0 Å². The maximum absolute atomic E-state index is 5.35. The summed E-state index contributed by atoms with van der Waals surface area (Å²) in [6.45, 7) is 5.01. The zero-order chi connectivity index (χ0) is 13.7. The van der Waals surface area contributed by atoms with Crippen molar-refractivity contribution in [1.82, 2.24) is 4.90 Å². The Labute approximate surface area is 129 Å². The molecule has 0 N–H and O–H groups in total. The van der Waals surface area contributed by atoms with E-state index in [4.69, 9.17) is 4.74 Å². The topological polar surface area (TPSA) is 12.5 Å². The van der Waals surface area contributed by atoms with Gasteiger partial charge in [-0.3, -0.25) is 0 Å². The number of nitrogens with zero attached hydrogens (tertiary/aromatic N) is 1. The van der Waals surface area contributed by atoms with Crippen LogP contribution in [-0.2, 0) is 5.41 Å². The first-order chi connectivity index (χ1) is 9.24. The van der Waals surface area contributed by atoms with Crippen LogP contribution in [0.4, 0.5) is 0 Å². The Hall–Kier alpha value is -0.970. The van der Waals surface area contributed by atoms with Gasteiger partial charge in [0, 0.05) is 12.0 Å². The maximum atomic E-state index is 5.35. The lowest BCUT2D eigenvalue weighted by Crippen LogP contribution is -2.34. The molecule has 0 amide bonds. The molecule has 0 fully saturated rings. The fourth-order valence-electron chi connectivity index (χ4n) is 2.57. The summed E-state index contributed by atoms with van der Waals surface area (Å²) in [6.07, 6.45) is 8.64. The molecule has 2 nitrogen and oxygen atoms in total. The molecule has 0 aromatic heterocycles. The van der Waals surface area contributed by atoms with E-state index in [2.05, 4.69) is 64.5 Å². The van der Waals surface area contributed by atoms with E-state index >= 15 is 0 Å². The van der Waals surface area contributed by atoms with Gasteiger partial charge < -0.3 is 9.64 Å². The summed E-state index contributed by atoms with van der Waals surface area (Å²) in [5, 5.41) is 0. The van der Waals surface area contributed by atoms with Crippen LogP contribution in [-0.4, -0.2) is 23.1 Å². The number of rotatable bonds is 5. The number of benzene rings is 1. The van der Waals surface area contributed by atoms with Crippen molar-refractivity contribution in [3.05, 3.63) is 54.8 Å². The van der Waals surface area contributed by atoms with Gasteiger partial charge in [0.1, 0.15) is 5.75 Å². The minimum absolute atomic E-state index is 0.0681. The third-order valence-corrected chi connectivity index (χ3v) is 4.63. The fourth-order valence-corrected chi connectivity index (χ4v) is 3.14. The van der Waals surface area contributed by atoms with E-state index in [9.17, 15) is 0 Å². The summed E-state index contributed by atoms with van der Waals surface area (Å²) in [7, 11) is 1.72. The molecule has 3 heteroatoms. The van der Waals surface area contributed by atoms with Gasteiger partial charge in [0.2, 0.25) is 0 Å². The highest BCUT2D eigenvalue weighted by atomic mass is 127. The molecular weight excluding hydrogens is 349 g/mol. The van der Waals surface area contributed by atoms with Crippen molar-refractivity contribution in [2.24, 2.45) is 0 Å². The predicted molar refractivity (Wildman–Crippen MR) is 88.8 cm³/mol. The van der Waals surface area contributed by atoms with E-state index in [1.54, 1.807) is 7.11 Å². The molecule has 19 heavy (non-hydrogen) atoms. The molecule has 1 unspecified atom stereocenters. The molecule has 1 atom stereocenters. The van der Waals surface area contributed by atoms with Crippen molar-refractivity contribution in [1.29, 1.82) is 0 Å². The van der Waals surface area contributed by atoms with Crippen LogP contribution in [0.5, 0.6) is 5.75 Å². The molecule has 1 heterocycles. The molecule has 2 rings (SSSR count). The molecule has 1 aromatic carbocycles. The molecule has 0 spiro atoms. The van der Waals surface area contributed by atoms with Gasteiger partial charge in [-0.2, -0.15) is 0 Å². The van der Waals surface area contributed by atoms with Crippen LogP contribution in [0.3, 0.4) is 0 Å². The molecule has 0 radical (unpaired) electrons. The number of hydrogen-bond donors (Lipinski definition) is 0. The van der Waals surface area contributed by atoms with Crippen molar-refractivity contribution in [3.63, 3.8) is 0 Å². The highest BCUT2D eigenvalue weighted by Gasteiger charge is 2.31. The minimum atomic E-state index is 0.0681. The van der Waals surface area contributed by atoms with Gasteiger partial charge in [-0.1, -0.05) is 46.9 Å². The van der Waals surface area contributed by atoms with Crippen LogP contribution in [0.15, 0.2) is 49.2 Å². The Morgan fingerprint density at radius 3 is 2.95 bits per heavy atom. The zero-order valence-electron chi connectivity index (χ0n) is 11.3. The molecule has 0 saturated heterocycles. The maximum Gasteiger partial charge on any atom is 0.119 e. The lowest BCUT2D eigenvalue weighted by molar-refractivity contribution is 0.338. The van der Waals surface area contributed by atoms with E-state index < -0.39 is 0 Å². The summed E-state index contributed by atoms with van der Waals surface area (Å²) >= 11 is 2.40. The molecule has 102 valence electrons. The van der Waals surface area contributed by atoms with Crippen molar-refractivity contribution in [2.75, 3.05) is 18.2 Å². The Kier molecular flexibility index (Phi) is 4.91. The normalized spacial score (nSPS) is 22.3. The van der Waals surface area contributed by atoms with Gasteiger partial charge in [0.15, 0.2) is 0 Å². The number of allylic oxidation sites excluding steroid dienone is 2. The number of ether oxygens (including phenoxy) is 1. The van der Waals surface area contributed by atoms with Gasteiger partial charge >= 0.3 is 0 Å². The van der Waals surface area contributed by atoms with Crippen molar-refractivity contribution < 1.29 is 4.74 Å². The summed E-state index contributed by atoms with van der Waals surface area (Å²) in [4.78, 5) is 2.34. The van der Waals surface area contributed by atoms with E-state index in [-0.39, 0.29) is 5.41 Å². The number of methoxy groups -OCH3 is 1. The highest BCUT2D eigenvalue weighted by molar-refractivity contribution is 14.1. The second-order valence-electron chi connectivity index (χ2n) is 4.88. The van der Waals surface area contributed by atoms with Crippen LogP contribution in [0, 0.1) is 0 Å². The van der Waals surface area contributed by atoms with Gasteiger partial charge in [-0.05, 0) is 36.7 Å². The number of hydrogen-bond acceptors (Lipinski definition) is 2. The van der Waals surface area contributed by atoms with Gasteiger partial charge in [-0.15, -0.1) is 6.58 Å². The molecule has 1 aromatic rings. The first kappa shape index (κ1) is 14.4. The largest absolute Gasteiger partial charge is 0.497 e. The SMILES string of the molecule is C=CCC1(c2cccc(OC)c2)C=CN(CI)CC1. The highest BCUT2D eigenvalue weighted by Crippen LogP contribution is 2.38. The summed E-state index contributed by atoms with van der Waals surface area (Å²) < 4.78 is 6.39. The molecule has 0 aliphatic carbocycles. The Bertz CT molecular complexity index is 472. The van der Waals surface area contributed by atoms with Crippen molar-refractivity contribution >= 4 is 22.6 Å². The lowest BCUT2D eigenvalue weighted by Gasteiger charge is -2.37. The quantitative estimate of drug-likeness (QED) is 0.335. The second-order valence-corrected chi connectivity index (χ2v) is 5.56. The van der Waals surface area contributed by atoms with Crippen LogP contribution in [0.2, 0.25) is 0 Å². The monoisotopic (exact) mass is 369 g/mol. The standard InChI is InChI=1S/C16H20INO/c1-3-7-16(8-10-18(13-17)11-9-16)14-5-4-6-15(12-14)19-2/h3-6,8,10,12H,1,7,9,11,13H2,2H3.